The van der Waals surface area contributed by atoms with Crippen LogP contribution in [0.3, 0.4) is 0 Å². The third-order valence-electron chi connectivity index (χ3n) is 5.12. The summed E-state index contributed by atoms with van der Waals surface area (Å²) in [5.41, 5.74) is 1.58. The molecule has 138 valence electrons. The molecule has 2 aliphatic rings. The highest BCUT2D eigenvalue weighted by Gasteiger charge is 2.31. The molecule has 0 spiro atoms. The molecule has 26 heavy (non-hydrogen) atoms. The van der Waals surface area contributed by atoms with Crippen LogP contribution in [-0.4, -0.2) is 63.6 Å². The summed E-state index contributed by atoms with van der Waals surface area (Å²) < 4.78 is 7.19. The summed E-state index contributed by atoms with van der Waals surface area (Å²) in [5, 5.41) is 11.2. The van der Waals surface area contributed by atoms with Crippen LogP contribution in [0.4, 0.5) is 0 Å². The zero-order valence-corrected chi connectivity index (χ0v) is 14.6. The number of rotatable bonds is 4. The van der Waals surface area contributed by atoms with E-state index in [1.165, 1.54) is 0 Å². The van der Waals surface area contributed by atoms with E-state index in [4.69, 9.17) is 4.74 Å². The summed E-state index contributed by atoms with van der Waals surface area (Å²) in [5.74, 6) is -0.191. The van der Waals surface area contributed by atoms with Crippen molar-refractivity contribution in [2.24, 2.45) is 0 Å². The van der Waals surface area contributed by atoms with Gasteiger partial charge in [-0.3, -0.25) is 9.59 Å². The van der Waals surface area contributed by atoms with Gasteiger partial charge in [0.1, 0.15) is 12.1 Å². The molecule has 2 heterocycles. The lowest BCUT2D eigenvalue weighted by molar-refractivity contribution is -0.148. The Kier molecular flexibility index (Phi) is 4.83. The van der Waals surface area contributed by atoms with Gasteiger partial charge in [-0.15, -0.1) is 5.10 Å². The number of aromatic nitrogens is 3. The fourth-order valence-corrected chi connectivity index (χ4v) is 3.66. The first-order valence-corrected chi connectivity index (χ1v) is 9.19. The molecular weight excluding hydrogens is 334 g/mol. The van der Waals surface area contributed by atoms with Crippen LogP contribution in [-0.2, 0) is 20.9 Å². The first-order chi connectivity index (χ1) is 12.7. The molecule has 2 amide bonds. The average Bonchev–Trinajstić information content (AvgIpc) is 3.32. The monoisotopic (exact) mass is 357 g/mol. The molecule has 2 fully saturated rings. The molecule has 2 aromatic rings. The minimum absolute atomic E-state index is 0.0809. The summed E-state index contributed by atoms with van der Waals surface area (Å²) in [7, 11) is 0. The molecule has 4 rings (SSSR count). The minimum Gasteiger partial charge on any atom is -0.365 e. The van der Waals surface area contributed by atoms with Crippen molar-refractivity contribution in [1.29, 1.82) is 0 Å². The number of hydrogen-bond acceptors (Lipinski definition) is 5. The number of benzene rings is 1. The van der Waals surface area contributed by atoms with E-state index in [0.29, 0.717) is 13.2 Å². The number of fused-ring (bicyclic) bond motifs is 1. The zero-order valence-electron chi connectivity index (χ0n) is 14.6. The van der Waals surface area contributed by atoms with E-state index in [1.54, 1.807) is 9.58 Å². The van der Waals surface area contributed by atoms with Crippen molar-refractivity contribution in [2.45, 2.75) is 44.4 Å². The number of hydrogen-bond donors (Lipinski definition) is 1. The molecule has 1 N–H and O–H groups in total. The highest BCUT2D eigenvalue weighted by molar-refractivity contribution is 5.84. The SMILES string of the molecule is O=C(NC1CCCC1)[C@H]1CN(C(=O)Cn2nnc3ccccc32)CCO1. The molecule has 1 saturated carbocycles. The zero-order chi connectivity index (χ0) is 17.9. The first kappa shape index (κ1) is 17.0. The van der Waals surface area contributed by atoms with Gasteiger partial charge in [-0.25, -0.2) is 4.68 Å². The number of morpholine rings is 1. The molecule has 1 atom stereocenters. The van der Waals surface area contributed by atoms with E-state index in [1.807, 2.05) is 24.3 Å². The normalized spacial score (nSPS) is 21.2. The second-order valence-corrected chi connectivity index (χ2v) is 6.92. The Morgan fingerprint density at radius 2 is 2.04 bits per heavy atom. The average molecular weight is 357 g/mol. The number of nitrogens with zero attached hydrogens (tertiary/aromatic N) is 4. The second kappa shape index (κ2) is 7.41. The molecule has 1 aromatic heterocycles. The van der Waals surface area contributed by atoms with Gasteiger partial charge in [0.2, 0.25) is 5.91 Å². The Morgan fingerprint density at radius 3 is 2.88 bits per heavy atom. The molecule has 8 nitrogen and oxygen atoms in total. The number of carbonyl (C=O) groups is 2. The maximum Gasteiger partial charge on any atom is 0.251 e. The highest BCUT2D eigenvalue weighted by atomic mass is 16.5. The maximum absolute atomic E-state index is 12.7. The Morgan fingerprint density at radius 1 is 1.23 bits per heavy atom. The highest BCUT2D eigenvalue weighted by Crippen LogP contribution is 2.18. The molecule has 0 unspecified atom stereocenters. The second-order valence-electron chi connectivity index (χ2n) is 6.92. The van der Waals surface area contributed by atoms with Gasteiger partial charge in [0.15, 0.2) is 6.10 Å². The van der Waals surface area contributed by atoms with Gasteiger partial charge in [-0.2, -0.15) is 0 Å². The van der Waals surface area contributed by atoms with Crippen LogP contribution in [0.15, 0.2) is 24.3 Å². The van der Waals surface area contributed by atoms with E-state index in [9.17, 15) is 9.59 Å². The van der Waals surface area contributed by atoms with Crippen LogP contribution >= 0.6 is 0 Å². The van der Waals surface area contributed by atoms with Gasteiger partial charge in [0, 0.05) is 12.6 Å². The van der Waals surface area contributed by atoms with Crippen LogP contribution in [0.5, 0.6) is 0 Å². The number of amides is 2. The van der Waals surface area contributed by atoms with Crippen molar-refractivity contribution in [3.8, 4) is 0 Å². The van der Waals surface area contributed by atoms with Gasteiger partial charge in [-0.05, 0) is 25.0 Å². The summed E-state index contributed by atoms with van der Waals surface area (Å²) in [6.07, 6.45) is 3.78. The van der Waals surface area contributed by atoms with Crippen molar-refractivity contribution in [1.82, 2.24) is 25.2 Å². The number of ether oxygens (including phenoxy) is 1. The molecule has 1 aromatic carbocycles. The first-order valence-electron chi connectivity index (χ1n) is 9.19. The molecule has 0 radical (unpaired) electrons. The summed E-state index contributed by atoms with van der Waals surface area (Å²) in [6, 6.07) is 7.78. The molecule has 8 heteroatoms. The van der Waals surface area contributed by atoms with Crippen molar-refractivity contribution in [2.75, 3.05) is 19.7 Å². The number of nitrogens with one attached hydrogen (secondary N) is 1. The quantitative estimate of drug-likeness (QED) is 0.871. The lowest BCUT2D eigenvalue weighted by Crippen LogP contribution is -2.53. The van der Waals surface area contributed by atoms with E-state index < -0.39 is 6.10 Å². The molecule has 1 aliphatic heterocycles. The van der Waals surface area contributed by atoms with Crippen molar-refractivity contribution in [3.63, 3.8) is 0 Å². The smallest absolute Gasteiger partial charge is 0.251 e. The van der Waals surface area contributed by atoms with Gasteiger partial charge < -0.3 is 15.0 Å². The molecule has 0 bridgehead atoms. The van der Waals surface area contributed by atoms with E-state index >= 15 is 0 Å². The fraction of sp³-hybridized carbons (Fsp3) is 0.556. The number of para-hydroxylation sites is 1. The van der Waals surface area contributed by atoms with E-state index in [2.05, 4.69) is 15.6 Å². The third-order valence-corrected chi connectivity index (χ3v) is 5.12. The van der Waals surface area contributed by atoms with Crippen molar-refractivity contribution < 1.29 is 14.3 Å². The largest absolute Gasteiger partial charge is 0.365 e. The van der Waals surface area contributed by atoms with Crippen LogP contribution in [0.1, 0.15) is 25.7 Å². The van der Waals surface area contributed by atoms with Gasteiger partial charge in [-0.1, -0.05) is 30.2 Å². The predicted molar refractivity (Wildman–Crippen MR) is 94.2 cm³/mol. The van der Waals surface area contributed by atoms with Gasteiger partial charge in [0.05, 0.1) is 18.7 Å². The standard InChI is InChI=1S/C18H23N5O3/c24-17(12-23-15-8-4-3-7-14(15)20-21-23)22-9-10-26-16(11-22)18(25)19-13-5-1-2-6-13/h3-4,7-8,13,16H,1-2,5-6,9-12H2,(H,19,25)/t16-/m1/s1. The van der Waals surface area contributed by atoms with Crippen LogP contribution in [0.25, 0.3) is 11.0 Å². The molecule has 1 aliphatic carbocycles. The van der Waals surface area contributed by atoms with Gasteiger partial charge in [0.25, 0.3) is 5.91 Å². The fourth-order valence-electron chi connectivity index (χ4n) is 3.66. The van der Waals surface area contributed by atoms with Crippen LogP contribution in [0.2, 0.25) is 0 Å². The van der Waals surface area contributed by atoms with E-state index in [-0.39, 0.29) is 30.9 Å². The topological polar surface area (TPSA) is 89.4 Å². The Bertz CT molecular complexity index is 799. The maximum atomic E-state index is 12.7. The van der Waals surface area contributed by atoms with Crippen molar-refractivity contribution in [3.05, 3.63) is 24.3 Å². The van der Waals surface area contributed by atoms with Gasteiger partial charge >= 0.3 is 0 Å². The van der Waals surface area contributed by atoms with E-state index in [0.717, 1.165) is 36.7 Å². The summed E-state index contributed by atoms with van der Waals surface area (Å²) >= 11 is 0. The lowest BCUT2D eigenvalue weighted by atomic mass is 10.2. The Hall–Kier alpha value is -2.48. The summed E-state index contributed by atoms with van der Waals surface area (Å²) in [4.78, 5) is 26.8. The third kappa shape index (κ3) is 3.55. The predicted octanol–water partition coefficient (Wildman–Crippen LogP) is 0.717. The van der Waals surface area contributed by atoms with Crippen molar-refractivity contribution >= 4 is 22.8 Å². The van der Waals surface area contributed by atoms with Crippen LogP contribution < -0.4 is 5.32 Å². The molecular formula is C18H23N5O3. The number of carbonyl (C=O) groups excluding carboxylic acids is 2. The minimum atomic E-state index is -0.596. The molecule has 1 saturated heterocycles. The Labute approximate surface area is 151 Å². The Balaban J connectivity index is 1.37. The summed E-state index contributed by atoms with van der Waals surface area (Å²) in [6.45, 7) is 1.24. The van der Waals surface area contributed by atoms with Crippen LogP contribution in [0, 0.1) is 0 Å². The lowest BCUT2D eigenvalue weighted by Gasteiger charge is -2.32.